The van der Waals surface area contributed by atoms with Gasteiger partial charge in [-0.1, -0.05) is 26.7 Å². The molecule has 1 nitrogen and oxygen atoms in total. The SMILES string of the molecule is CC[B-]1(CC)C[C@H](C)CO1. The first-order chi connectivity index (χ1) is 4.72. The second-order valence-corrected chi connectivity index (χ2v) is 3.86. The Kier molecular flexibility index (Phi) is 2.40. The average molecular weight is 141 g/mol. The topological polar surface area (TPSA) is 9.23 Å². The van der Waals surface area contributed by atoms with E-state index < -0.39 is 0 Å². The molecule has 0 amide bonds. The molecule has 0 aliphatic carbocycles. The predicted molar refractivity (Wildman–Crippen MR) is 46.6 cm³/mol. The van der Waals surface area contributed by atoms with Gasteiger partial charge in [0.1, 0.15) is 6.35 Å². The number of hydrogen-bond acceptors (Lipinski definition) is 1. The smallest absolute Gasteiger partial charge is 0.114 e. The van der Waals surface area contributed by atoms with Crippen LogP contribution >= 0.6 is 0 Å². The van der Waals surface area contributed by atoms with Gasteiger partial charge >= 0.3 is 0 Å². The summed E-state index contributed by atoms with van der Waals surface area (Å²) in [6, 6.07) is 0. The molecule has 0 saturated carbocycles. The van der Waals surface area contributed by atoms with Gasteiger partial charge in [0, 0.05) is 0 Å². The van der Waals surface area contributed by atoms with Crippen molar-refractivity contribution in [2.24, 2.45) is 5.92 Å². The highest BCUT2D eigenvalue weighted by Gasteiger charge is 2.29. The van der Waals surface area contributed by atoms with Crippen LogP contribution in [-0.2, 0) is 4.65 Å². The van der Waals surface area contributed by atoms with E-state index in [4.69, 9.17) is 4.65 Å². The maximum atomic E-state index is 5.81. The molecule has 0 bridgehead atoms. The van der Waals surface area contributed by atoms with Gasteiger partial charge in [0.2, 0.25) is 0 Å². The third-order valence-corrected chi connectivity index (χ3v) is 3.05. The Morgan fingerprint density at radius 2 is 2.00 bits per heavy atom. The molecule has 0 radical (unpaired) electrons. The van der Waals surface area contributed by atoms with Crippen molar-refractivity contribution >= 4 is 6.35 Å². The monoisotopic (exact) mass is 141 g/mol. The molecule has 0 N–H and O–H groups in total. The molecule has 0 spiro atoms. The average Bonchev–Trinajstić information content (AvgIpc) is 2.33. The minimum absolute atomic E-state index is 0.377. The third-order valence-electron chi connectivity index (χ3n) is 3.05. The highest BCUT2D eigenvalue weighted by molar-refractivity contribution is 6.74. The summed E-state index contributed by atoms with van der Waals surface area (Å²) in [5, 5.41) is 0. The minimum atomic E-state index is -0.377. The maximum absolute atomic E-state index is 5.81. The molecule has 1 aliphatic rings. The molecular weight excluding hydrogens is 123 g/mol. The summed E-state index contributed by atoms with van der Waals surface area (Å²) in [5.41, 5.74) is 0. The van der Waals surface area contributed by atoms with Crippen LogP contribution in [0.2, 0.25) is 19.0 Å². The molecule has 0 unspecified atom stereocenters. The van der Waals surface area contributed by atoms with Crippen molar-refractivity contribution in [1.29, 1.82) is 0 Å². The van der Waals surface area contributed by atoms with Crippen molar-refractivity contribution < 1.29 is 4.65 Å². The van der Waals surface area contributed by atoms with Crippen LogP contribution < -0.4 is 0 Å². The fraction of sp³-hybridized carbons (Fsp3) is 1.00. The zero-order valence-electron chi connectivity index (χ0n) is 7.39. The first-order valence-corrected chi connectivity index (χ1v) is 4.56. The summed E-state index contributed by atoms with van der Waals surface area (Å²) >= 11 is 0. The van der Waals surface area contributed by atoms with Crippen molar-refractivity contribution in [3.05, 3.63) is 0 Å². The summed E-state index contributed by atoms with van der Waals surface area (Å²) in [6.07, 6.45) is 3.42. The van der Waals surface area contributed by atoms with Gasteiger partial charge in [-0.2, -0.15) is 12.6 Å². The van der Waals surface area contributed by atoms with Gasteiger partial charge in [-0.05, 0) is 6.61 Å². The second-order valence-electron chi connectivity index (χ2n) is 3.86. The van der Waals surface area contributed by atoms with Crippen molar-refractivity contribution in [1.82, 2.24) is 0 Å². The van der Waals surface area contributed by atoms with Gasteiger partial charge in [0.15, 0.2) is 0 Å². The lowest BCUT2D eigenvalue weighted by Gasteiger charge is -2.31. The van der Waals surface area contributed by atoms with Crippen LogP contribution in [0.25, 0.3) is 0 Å². The lowest BCUT2D eigenvalue weighted by atomic mass is 9.34. The van der Waals surface area contributed by atoms with Gasteiger partial charge in [0.05, 0.1) is 0 Å². The molecule has 1 aliphatic heterocycles. The van der Waals surface area contributed by atoms with E-state index in [9.17, 15) is 0 Å². The molecular formula is C8H18BO-. The normalized spacial score (nSPS) is 30.9. The Hall–Kier alpha value is 0.0249. The zero-order valence-corrected chi connectivity index (χ0v) is 7.39. The van der Waals surface area contributed by atoms with E-state index in [-0.39, 0.29) is 6.35 Å². The zero-order chi connectivity index (χ0) is 7.61. The van der Waals surface area contributed by atoms with Gasteiger partial charge < -0.3 is 4.65 Å². The van der Waals surface area contributed by atoms with Gasteiger partial charge in [0.25, 0.3) is 0 Å². The van der Waals surface area contributed by atoms with E-state index in [1.165, 1.54) is 19.0 Å². The van der Waals surface area contributed by atoms with E-state index >= 15 is 0 Å². The Bertz CT molecular complexity index is 110. The van der Waals surface area contributed by atoms with Crippen LogP contribution in [0.15, 0.2) is 0 Å². The van der Waals surface area contributed by atoms with Crippen molar-refractivity contribution in [2.75, 3.05) is 6.61 Å². The van der Waals surface area contributed by atoms with E-state index in [1.54, 1.807) is 0 Å². The van der Waals surface area contributed by atoms with Gasteiger partial charge in [-0.25, -0.2) is 0 Å². The maximum Gasteiger partial charge on any atom is 0.114 e. The fourth-order valence-electron chi connectivity index (χ4n) is 2.10. The molecule has 0 aromatic rings. The first kappa shape index (κ1) is 8.12. The molecule has 1 atom stereocenters. The molecule has 1 rings (SSSR count). The molecule has 0 aromatic carbocycles. The van der Waals surface area contributed by atoms with E-state index in [0.717, 1.165) is 12.5 Å². The van der Waals surface area contributed by atoms with Crippen LogP contribution in [0.4, 0.5) is 0 Å². The summed E-state index contributed by atoms with van der Waals surface area (Å²) in [7, 11) is 0. The van der Waals surface area contributed by atoms with E-state index in [1.807, 2.05) is 0 Å². The third kappa shape index (κ3) is 1.37. The van der Waals surface area contributed by atoms with Crippen molar-refractivity contribution in [3.8, 4) is 0 Å². The standard InChI is InChI=1S/C8H18BO/c1-4-9(5-2)6-8(3)7-10-9/h8H,4-7H2,1-3H3/q-1/t8-/m0/s1. The molecule has 1 fully saturated rings. The summed E-state index contributed by atoms with van der Waals surface area (Å²) in [5.74, 6) is 0.805. The van der Waals surface area contributed by atoms with Crippen molar-refractivity contribution in [3.63, 3.8) is 0 Å². The highest BCUT2D eigenvalue weighted by Crippen LogP contribution is 2.32. The Labute approximate surface area is 64.1 Å². The Morgan fingerprint density at radius 3 is 2.20 bits per heavy atom. The van der Waals surface area contributed by atoms with Gasteiger partial charge in [-0.3, -0.25) is 0 Å². The van der Waals surface area contributed by atoms with E-state index in [0.29, 0.717) is 0 Å². The highest BCUT2D eigenvalue weighted by atomic mass is 16.4. The fourth-order valence-corrected chi connectivity index (χ4v) is 2.10. The summed E-state index contributed by atoms with van der Waals surface area (Å²) in [4.78, 5) is 0. The largest absolute Gasteiger partial charge is 0.590 e. The molecule has 10 heavy (non-hydrogen) atoms. The van der Waals surface area contributed by atoms with Crippen LogP contribution in [0.3, 0.4) is 0 Å². The second kappa shape index (κ2) is 2.95. The predicted octanol–water partition coefficient (Wildman–Crippen LogP) is 2.64. The first-order valence-electron chi connectivity index (χ1n) is 4.56. The van der Waals surface area contributed by atoms with Crippen LogP contribution in [-0.4, -0.2) is 13.0 Å². The summed E-state index contributed by atoms with van der Waals surface area (Å²) < 4.78 is 5.81. The molecule has 2 heteroatoms. The quantitative estimate of drug-likeness (QED) is 0.537. The molecule has 1 saturated heterocycles. The van der Waals surface area contributed by atoms with E-state index in [2.05, 4.69) is 20.8 Å². The summed E-state index contributed by atoms with van der Waals surface area (Å²) in [6.45, 7) is 7.79. The van der Waals surface area contributed by atoms with Crippen molar-refractivity contribution in [2.45, 2.75) is 39.7 Å². The Morgan fingerprint density at radius 1 is 1.40 bits per heavy atom. The molecule has 1 heterocycles. The lowest BCUT2D eigenvalue weighted by molar-refractivity contribution is 0.310. The van der Waals surface area contributed by atoms with Crippen LogP contribution in [0, 0.1) is 5.92 Å². The molecule has 60 valence electrons. The molecule has 0 aromatic heterocycles. The lowest BCUT2D eigenvalue weighted by Crippen LogP contribution is -2.31. The van der Waals surface area contributed by atoms with Gasteiger partial charge in [-0.15, -0.1) is 6.32 Å². The number of rotatable bonds is 2. The van der Waals surface area contributed by atoms with Crippen LogP contribution in [0.1, 0.15) is 20.8 Å². The van der Waals surface area contributed by atoms with Crippen LogP contribution in [0.5, 0.6) is 0 Å². The Balaban J connectivity index is 2.51. The number of hydrogen-bond donors (Lipinski definition) is 0. The minimum Gasteiger partial charge on any atom is -0.590 e.